The number of pyridine rings is 1. The third kappa shape index (κ3) is 4.97. The van der Waals surface area contributed by atoms with Gasteiger partial charge in [-0.05, 0) is 36.4 Å². The van der Waals surface area contributed by atoms with E-state index in [9.17, 15) is 9.59 Å². The standard InChI is InChI=1S/C19H18N4O2S/c1-13(24)21-15-4-6-16(7-5-15)22-18(25)8-9-19-23-17(12-26-19)14-3-2-10-20-11-14/h2-7,10-12H,8-9H2,1H3,(H,21,24)(H,22,25). The Hall–Kier alpha value is -3.06. The number of nitrogens with zero attached hydrogens (tertiary/aromatic N) is 2. The fourth-order valence-electron chi connectivity index (χ4n) is 2.36. The van der Waals surface area contributed by atoms with Crippen molar-refractivity contribution in [3.05, 3.63) is 59.2 Å². The summed E-state index contributed by atoms with van der Waals surface area (Å²) < 4.78 is 0. The molecular formula is C19H18N4O2S. The van der Waals surface area contributed by atoms with Gasteiger partial charge < -0.3 is 10.6 Å². The lowest BCUT2D eigenvalue weighted by molar-refractivity contribution is -0.116. The summed E-state index contributed by atoms with van der Waals surface area (Å²) in [6.45, 7) is 1.45. The fraction of sp³-hybridized carbons (Fsp3) is 0.158. The molecule has 2 heterocycles. The van der Waals surface area contributed by atoms with Gasteiger partial charge in [0.2, 0.25) is 11.8 Å². The maximum absolute atomic E-state index is 12.1. The summed E-state index contributed by atoms with van der Waals surface area (Å²) in [6.07, 6.45) is 4.44. The quantitative estimate of drug-likeness (QED) is 0.696. The molecule has 7 heteroatoms. The first-order valence-corrected chi connectivity index (χ1v) is 9.00. The number of carbonyl (C=O) groups excluding carboxylic acids is 2. The van der Waals surface area contributed by atoms with Crippen LogP contribution in [0.4, 0.5) is 11.4 Å². The van der Waals surface area contributed by atoms with Crippen LogP contribution in [0.2, 0.25) is 0 Å². The van der Waals surface area contributed by atoms with Gasteiger partial charge in [-0.25, -0.2) is 4.98 Å². The van der Waals surface area contributed by atoms with E-state index in [-0.39, 0.29) is 11.8 Å². The van der Waals surface area contributed by atoms with E-state index >= 15 is 0 Å². The Bertz CT molecular complexity index is 891. The van der Waals surface area contributed by atoms with Gasteiger partial charge in [-0.1, -0.05) is 0 Å². The van der Waals surface area contributed by atoms with Crippen molar-refractivity contribution in [1.29, 1.82) is 0 Å². The number of aromatic nitrogens is 2. The predicted octanol–water partition coefficient (Wildman–Crippen LogP) is 3.73. The molecule has 2 amide bonds. The lowest BCUT2D eigenvalue weighted by Crippen LogP contribution is -2.12. The first-order chi connectivity index (χ1) is 12.6. The maximum Gasteiger partial charge on any atom is 0.224 e. The largest absolute Gasteiger partial charge is 0.326 e. The molecule has 0 fully saturated rings. The third-order valence-electron chi connectivity index (χ3n) is 3.56. The molecule has 0 unspecified atom stereocenters. The van der Waals surface area contributed by atoms with Crippen LogP contribution in [0.5, 0.6) is 0 Å². The maximum atomic E-state index is 12.1. The molecule has 0 aliphatic heterocycles. The third-order valence-corrected chi connectivity index (χ3v) is 4.47. The molecule has 0 aliphatic rings. The first kappa shape index (κ1) is 17.8. The van der Waals surface area contributed by atoms with E-state index in [1.54, 1.807) is 48.0 Å². The molecule has 2 aromatic heterocycles. The van der Waals surface area contributed by atoms with Crippen molar-refractivity contribution in [3.63, 3.8) is 0 Å². The molecule has 6 nitrogen and oxygen atoms in total. The lowest BCUT2D eigenvalue weighted by Gasteiger charge is -2.06. The van der Waals surface area contributed by atoms with Crippen LogP contribution in [0.1, 0.15) is 18.4 Å². The van der Waals surface area contributed by atoms with Gasteiger partial charge in [-0.2, -0.15) is 0 Å². The summed E-state index contributed by atoms with van der Waals surface area (Å²) >= 11 is 1.54. The second kappa shape index (κ2) is 8.35. The number of carbonyl (C=O) groups is 2. The number of aryl methyl sites for hydroxylation is 1. The summed E-state index contributed by atoms with van der Waals surface area (Å²) in [5, 5.41) is 8.43. The Labute approximate surface area is 155 Å². The van der Waals surface area contributed by atoms with Crippen LogP contribution in [-0.2, 0) is 16.0 Å². The predicted molar refractivity (Wildman–Crippen MR) is 103 cm³/mol. The van der Waals surface area contributed by atoms with Crippen molar-refractivity contribution in [1.82, 2.24) is 9.97 Å². The van der Waals surface area contributed by atoms with Crippen LogP contribution in [0, 0.1) is 0 Å². The summed E-state index contributed by atoms with van der Waals surface area (Å²) in [6, 6.07) is 10.8. The molecule has 3 aromatic rings. The van der Waals surface area contributed by atoms with Gasteiger partial charge in [0, 0.05) is 54.5 Å². The van der Waals surface area contributed by atoms with Crippen molar-refractivity contribution < 1.29 is 9.59 Å². The molecule has 0 aliphatic carbocycles. The van der Waals surface area contributed by atoms with E-state index in [1.807, 2.05) is 17.5 Å². The highest BCUT2D eigenvalue weighted by Gasteiger charge is 2.08. The summed E-state index contributed by atoms with van der Waals surface area (Å²) in [5.74, 6) is -0.203. The van der Waals surface area contributed by atoms with E-state index < -0.39 is 0 Å². The smallest absolute Gasteiger partial charge is 0.224 e. The minimum atomic E-state index is -0.129. The number of nitrogens with one attached hydrogen (secondary N) is 2. The summed E-state index contributed by atoms with van der Waals surface area (Å²) in [5.41, 5.74) is 3.24. The van der Waals surface area contributed by atoms with Gasteiger partial charge in [0.1, 0.15) is 0 Å². The van der Waals surface area contributed by atoms with E-state index in [1.165, 1.54) is 6.92 Å². The van der Waals surface area contributed by atoms with E-state index in [4.69, 9.17) is 0 Å². The lowest BCUT2D eigenvalue weighted by atomic mass is 10.2. The Balaban J connectivity index is 1.51. The summed E-state index contributed by atoms with van der Waals surface area (Å²) in [7, 11) is 0. The van der Waals surface area contributed by atoms with Gasteiger partial charge in [0.25, 0.3) is 0 Å². The molecule has 0 saturated heterocycles. The Morgan fingerprint density at radius 3 is 2.46 bits per heavy atom. The Morgan fingerprint density at radius 2 is 1.81 bits per heavy atom. The molecule has 2 N–H and O–H groups in total. The van der Waals surface area contributed by atoms with Crippen LogP contribution in [-0.4, -0.2) is 21.8 Å². The molecule has 0 atom stereocenters. The van der Waals surface area contributed by atoms with Crippen molar-refractivity contribution >= 4 is 34.5 Å². The number of hydrogen-bond acceptors (Lipinski definition) is 5. The molecule has 0 radical (unpaired) electrons. The molecule has 26 heavy (non-hydrogen) atoms. The molecule has 1 aromatic carbocycles. The fourth-order valence-corrected chi connectivity index (χ4v) is 3.16. The van der Waals surface area contributed by atoms with Crippen LogP contribution < -0.4 is 10.6 Å². The van der Waals surface area contributed by atoms with Crippen molar-refractivity contribution in [2.24, 2.45) is 0 Å². The number of rotatable bonds is 6. The molecule has 0 spiro atoms. The Morgan fingerprint density at radius 1 is 1.08 bits per heavy atom. The average Bonchev–Trinajstić information content (AvgIpc) is 3.11. The van der Waals surface area contributed by atoms with E-state index in [2.05, 4.69) is 20.6 Å². The Kier molecular flexibility index (Phi) is 5.70. The molecule has 0 bridgehead atoms. The van der Waals surface area contributed by atoms with E-state index in [0.29, 0.717) is 24.2 Å². The number of thiazole rings is 1. The van der Waals surface area contributed by atoms with Crippen LogP contribution in [0.15, 0.2) is 54.2 Å². The van der Waals surface area contributed by atoms with E-state index in [0.717, 1.165) is 16.3 Å². The first-order valence-electron chi connectivity index (χ1n) is 8.12. The number of benzene rings is 1. The van der Waals surface area contributed by atoms with Crippen molar-refractivity contribution in [3.8, 4) is 11.3 Å². The SMILES string of the molecule is CC(=O)Nc1ccc(NC(=O)CCc2nc(-c3cccnc3)cs2)cc1. The second-order valence-corrected chi connectivity index (χ2v) is 6.62. The minimum Gasteiger partial charge on any atom is -0.326 e. The van der Waals surface area contributed by atoms with Gasteiger partial charge >= 0.3 is 0 Å². The van der Waals surface area contributed by atoms with Gasteiger partial charge in [0.05, 0.1) is 10.7 Å². The average molecular weight is 366 g/mol. The zero-order valence-electron chi connectivity index (χ0n) is 14.2. The van der Waals surface area contributed by atoms with Crippen molar-refractivity contribution in [2.45, 2.75) is 19.8 Å². The summed E-state index contributed by atoms with van der Waals surface area (Å²) in [4.78, 5) is 31.8. The van der Waals surface area contributed by atoms with Crippen LogP contribution in [0.3, 0.4) is 0 Å². The highest BCUT2D eigenvalue weighted by molar-refractivity contribution is 7.09. The molecular weight excluding hydrogens is 348 g/mol. The van der Waals surface area contributed by atoms with Gasteiger partial charge in [-0.15, -0.1) is 11.3 Å². The zero-order valence-corrected chi connectivity index (χ0v) is 15.0. The topological polar surface area (TPSA) is 84.0 Å². The highest BCUT2D eigenvalue weighted by Crippen LogP contribution is 2.22. The number of amides is 2. The minimum absolute atomic E-state index is 0.0737. The van der Waals surface area contributed by atoms with Crippen molar-refractivity contribution in [2.75, 3.05) is 10.6 Å². The van der Waals surface area contributed by atoms with Crippen LogP contribution >= 0.6 is 11.3 Å². The monoisotopic (exact) mass is 366 g/mol. The van der Waals surface area contributed by atoms with Gasteiger partial charge in [0.15, 0.2) is 0 Å². The highest BCUT2D eigenvalue weighted by atomic mass is 32.1. The van der Waals surface area contributed by atoms with Gasteiger partial charge in [-0.3, -0.25) is 14.6 Å². The van der Waals surface area contributed by atoms with Crippen LogP contribution in [0.25, 0.3) is 11.3 Å². The number of hydrogen-bond donors (Lipinski definition) is 2. The molecule has 3 rings (SSSR count). The molecule has 0 saturated carbocycles. The zero-order chi connectivity index (χ0) is 18.4. The number of anilines is 2. The second-order valence-electron chi connectivity index (χ2n) is 5.67. The normalized spacial score (nSPS) is 10.3. The molecule has 132 valence electrons.